The summed E-state index contributed by atoms with van der Waals surface area (Å²) in [6.45, 7) is 4.04. The van der Waals surface area contributed by atoms with Gasteiger partial charge in [-0.2, -0.15) is 0 Å². The standard InChI is InChI=1S/C14H16BrNO2/c1-8(2)13-10(7-12(17)16-14(13)18)9-5-3-4-6-11(9)15/h3-6,8,10,13H,7H2,1-2H3,(H,16,17,18). The van der Waals surface area contributed by atoms with Gasteiger partial charge in [-0.05, 0) is 17.5 Å². The smallest absolute Gasteiger partial charge is 0.230 e. The number of rotatable bonds is 2. The van der Waals surface area contributed by atoms with E-state index in [4.69, 9.17) is 0 Å². The van der Waals surface area contributed by atoms with E-state index in [0.717, 1.165) is 10.0 Å². The number of imide groups is 1. The lowest BCUT2D eigenvalue weighted by atomic mass is 9.75. The van der Waals surface area contributed by atoms with Crippen molar-refractivity contribution in [2.45, 2.75) is 26.2 Å². The van der Waals surface area contributed by atoms with Gasteiger partial charge >= 0.3 is 0 Å². The van der Waals surface area contributed by atoms with Crippen molar-refractivity contribution in [3.63, 3.8) is 0 Å². The second kappa shape index (κ2) is 5.22. The third-order valence-electron chi connectivity index (χ3n) is 3.43. The van der Waals surface area contributed by atoms with Crippen LogP contribution in [0.15, 0.2) is 28.7 Å². The maximum Gasteiger partial charge on any atom is 0.230 e. The van der Waals surface area contributed by atoms with Gasteiger partial charge in [-0.15, -0.1) is 0 Å². The van der Waals surface area contributed by atoms with Crippen molar-refractivity contribution in [1.29, 1.82) is 0 Å². The molecule has 0 spiro atoms. The molecule has 2 atom stereocenters. The average Bonchev–Trinajstić information content (AvgIpc) is 2.27. The van der Waals surface area contributed by atoms with Gasteiger partial charge in [-0.1, -0.05) is 48.0 Å². The van der Waals surface area contributed by atoms with Gasteiger partial charge in [0, 0.05) is 22.7 Å². The number of nitrogens with one attached hydrogen (secondary N) is 1. The van der Waals surface area contributed by atoms with Crippen LogP contribution in [0.4, 0.5) is 0 Å². The van der Waals surface area contributed by atoms with Crippen molar-refractivity contribution in [2.75, 3.05) is 0 Å². The summed E-state index contributed by atoms with van der Waals surface area (Å²) >= 11 is 3.51. The molecule has 96 valence electrons. The highest BCUT2D eigenvalue weighted by molar-refractivity contribution is 9.10. The number of hydrogen-bond acceptors (Lipinski definition) is 2. The fraction of sp³-hybridized carbons (Fsp3) is 0.429. The van der Waals surface area contributed by atoms with E-state index in [1.807, 2.05) is 38.1 Å². The van der Waals surface area contributed by atoms with E-state index in [9.17, 15) is 9.59 Å². The molecule has 1 heterocycles. The summed E-state index contributed by atoms with van der Waals surface area (Å²) < 4.78 is 0.961. The Kier molecular flexibility index (Phi) is 3.85. The Morgan fingerprint density at radius 1 is 1.28 bits per heavy atom. The molecule has 1 aromatic carbocycles. The normalized spacial score (nSPS) is 24.2. The van der Waals surface area contributed by atoms with Gasteiger partial charge in [0.25, 0.3) is 0 Å². The van der Waals surface area contributed by atoms with Gasteiger partial charge in [0.05, 0.1) is 0 Å². The van der Waals surface area contributed by atoms with E-state index in [1.165, 1.54) is 0 Å². The summed E-state index contributed by atoms with van der Waals surface area (Å²) in [7, 11) is 0. The first-order valence-electron chi connectivity index (χ1n) is 6.09. The summed E-state index contributed by atoms with van der Waals surface area (Å²) in [5.74, 6) is -0.321. The quantitative estimate of drug-likeness (QED) is 0.854. The predicted octanol–water partition coefficient (Wildman–Crippen LogP) is 2.85. The van der Waals surface area contributed by atoms with Crippen LogP contribution in [-0.4, -0.2) is 11.8 Å². The molecule has 18 heavy (non-hydrogen) atoms. The zero-order valence-corrected chi connectivity index (χ0v) is 12.0. The van der Waals surface area contributed by atoms with Crippen molar-refractivity contribution >= 4 is 27.7 Å². The summed E-state index contributed by atoms with van der Waals surface area (Å²) in [5, 5.41) is 2.44. The Hall–Kier alpha value is -1.16. The molecule has 4 heteroatoms. The molecule has 2 rings (SSSR count). The molecule has 0 aromatic heterocycles. The first-order valence-corrected chi connectivity index (χ1v) is 6.88. The van der Waals surface area contributed by atoms with Gasteiger partial charge in [-0.25, -0.2) is 0 Å². The Morgan fingerprint density at radius 2 is 1.94 bits per heavy atom. The molecule has 1 aromatic rings. The van der Waals surface area contributed by atoms with E-state index in [2.05, 4.69) is 21.2 Å². The van der Waals surface area contributed by atoms with Gasteiger partial charge in [-0.3, -0.25) is 14.9 Å². The Balaban J connectivity index is 2.41. The highest BCUT2D eigenvalue weighted by atomic mass is 79.9. The highest BCUT2D eigenvalue weighted by Crippen LogP contribution is 2.38. The van der Waals surface area contributed by atoms with E-state index in [-0.39, 0.29) is 29.6 Å². The summed E-state index contributed by atoms with van der Waals surface area (Å²) in [6, 6.07) is 7.80. The second-order valence-electron chi connectivity index (χ2n) is 5.01. The number of piperidine rings is 1. The number of benzene rings is 1. The van der Waals surface area contributed by atoms with E-state index in [1.54, 1.807) is 0 Å². The van der Waals surface area contributed by atoms with Crippen LogP contribution in [0, 0.1) is 11.8 Å². The number of amides is 2. The van der Waals surface area contributed by atoms with Gasteiger partial charge in [0.2, 0.25) is 11.8 Å². The van der Waals surface area contributed by atoms with Crippen molar-refractivity contribution < 1.29 is 9.59 Å². The third-order valence-corrected chi connectivity index (χ3v) is 4.15. The molecule has 1 fully saturated rings. The van der Waals surface area contributed by atoms with Crippen LogP contribution >= 0.6 is 15.9 Å². The van der Waals surface area contributed by atoms with Crippen LogP contribution in [0.5, 0.6) is 0 Å². The van der Waals surface area contributed by atoms with Crippen LogP contribution in [0.2, 0.25) is 0 Å². The molecule has 1 aliphatic heterocycles. The van der Waals surface area contributed by atoms with Crippen LogP contribution in [0.1, 0.15) is 31.7 Å². The molecule has 1 saturated heterocycles. The first kappa shape index (κ1) is 13.3. The summed E-state index contributed by atoms with van der Waals surface area (Å²) in [6.07, 6.45) is 0.372. The number of hydrogen-bond donors (Lipinski definition) is 1. The number of carbonyl (C=O) groups is 2. The predicted molar refractivity (Wildman–Crippen MR) is 73.0 cm³/mol. The lowest BCUT2D eigenvalue weighted by Crippen LogP contribution is -2.46. The topological polar surface area (TPSA) is 46.2 Å². The number of halogens is 1. The van der Waals surface area contributed by atoms with Crippen LogP contribution in [0.3, 0.4) is 0 Å². The Bertz CT molecular complexity index is 484. The van der Waals surface area contributed by atoms with Crippen LogP contribution in [-0.2, 0) is 9.59 Å². The lowest BCUT2D eigenvalue weighted by Gasteiger charge is -2.33. The highest BCUT2D eigenvalue weighted by Gasteiger charge is 2.39. The zero-order chi connectivity index (χ0) is 13.3. The molecule has 2 amide bonds. The van der Waals surface area contributed by atoms with E-state index >= 15 is 0 Å². The molecular weight excluding hydrogens is 294 g/mol. The van der Waals surface area contributed by atoms with E-state index in [0.29, 0.717) is 6.42 Å². The Morgan fingerprint density at radius 3 is 2.56 bits per heavy atom. The first-order chi connectivity index (χ1) is 8.50. The van der Waals surface area contributed by atoms with Crippen molar-refractivity contribution in [2.24, 2.45) is 11.8 Å². The van der Waals surface area contributed by atoms with Gasteiger partial charge in [0.1, 0.15) is 0 Å². The SMILES string of the molecule is CC(C)C1C(=O)NC(=O)CC1c1ccccc1Br. The monoisotopic (exact) mass is 309 g/mol. The van der Waals surface area contributed by atoms with E-state index < -0.39 is 0 Å². The molecule has 0 saturated carbocycles. The largest absolute Gasteiger partial charge is 0.296 e. The molecule has 1 aliphatic rings. The van der Waals surface area contributed by atoms with Crippen molar-refractivity contribution in [3.05, 3.63) is 34.3 Å². The molecule has 3 nitrogen and oxygen atoms in total. The molecule has 1 N–H and O–H groups in total. The molecular formula is C14H16BrNO2. The second-order valence-corrected chi connectivity index (χ2v) is 5.87. The maximum atomic E-state index is 12.0. The Labute approximate surface area is 115 Å². The summed E-state index contributed by atoms with van der Waals surface area (Å²) in [5.41, 5.74) is 1.04. The van der Waals surface area contributed by atoms with Gasteiger partial charge < -0.3 is 0 Å². The lowest BCUT2D eigenvalue weighted by molar-refractivity contribution is -0.138. The minimum atomic E-state index is -0.183. The molecule has 0 radical (unpaired) electrons. The third kappa shape index (κ3) is 2.48. The van der Waals surface area contributed by atoms with Crippen molar-refractivity contribution in [1.82, 2.24) is 5.32 Å². The van der Waals surface area contributed by atoms with Crippen LogP contribution < -0.4 is 5.32 Å². The summed E-state index contributed by atoms with van der Waals surface area (Å²) in [4.78, 5) is 23.6. The van der Waals surface area contributed by atoms with Gasteiger partial charge in [0.15, 0.2) is 0 Å². The number of carbonyl (C=O) groups excluding carboxylic acids is 2. The molecule has 0 aliphatic carbocycles. The minimum Gasteiger partial charge on any atom is -0.296 e. The molecule has 0 bridgehead atoms. The molecule has 2 unspecified atom stereocenters. The fourth-order valence-corrected chi connectivity index (χ4v) is 3.21. The fourth-order valence-electron chi connectivity index (χ4n) is 2.63. The van der Waals surface area contributed by atoms with Crippen molar-refractivity contribution in [3.8, 4) is 0 Å². The zero-order valence-electron chi connectivity index (χ0n) is 10.4. The maximum absolute atomic E-state index is 12.0. The minimum absolute atomic E-state index is 0.0400. The average molecular weight is 310 g/mol. The van der Waals surface area contributed by atoms with Crippen LogP contribution in [0.25, 0.3) is 0 Å².